The van der Waals surface area contributed by atoms with E-state index in [2.05, 4.69) is 4.98 Å². The van der Waals surface area contributed by atoms with Crippen LogP contribution in [-0.4, -0.2) is 43.9 Å². The fraction of sp³-hybridized carbons (Fsp3) is 0.250. The van der Waals surface area contributed by atoms with E-state index in [-0.39, 0.29) is 14.9 Å². The SMILES string of the molecule is Cc1cc(S(=O)(=O)N2CCN(c3nc(-c4ccc(Cl)c(F)c4)cs3)CC2)c(Cl)cc1Cl. The summed E-state index contributed by atoms with van der Waals surface area (Å²) in [6, 6.07) is 7.53. The molecule has 1 aliphatic heterocycles. The van der Waals surface area contributed by atoms with Crippen LogP contribution in [0.25, 0.3) is 11.3 Å². The number of halogens is 4. The minimum Gasteiger partial charge on any atom is -0.345 e. The van der Waals surface area contributed by atoms with Crippen molar-refractivity contribution in [3.8, 4) is 11.3 Å². The van der Waals surface area contributed by atoms with E-state index in [1.165, 1.54) is 39.9 Å². The highest BCUT2D eigenvalue weighted by Gasteiger charge is 2.31. The molecule has 0 N–H and O–H groups in total. The highest BCUT2D eigenvalue weighted by atomic mass is 35.5. The number of thiazole rings is 1. The summed E-state index contributed by atoms with van der Waals surface area (Å²) in [5, 5.41) is 3.19. The first-order valence-electron chi connectivity index (χ1n) is 9.28. The third-order valence-corrected chi connectivity index (χ3v) is 9.03. The number of hydrogen-bond acceptors (Lipinski definition) is 5. The van der Waals surface area contributed by atoms with Crippen LogP contribution in [0.2, 0.25) is 15.1 Å². The van der Waals surface area contributed by atoms with E-state index in [1.807, 2.05) is 10.3 Å². The molecular formula is C20H17Cl3FN3O2S2. The molecule has 0 saturated carbocycles. The van der Waals surface area contributed by atoms with Crippen LogP contribution in [0.5, 0.6) is 0 Å². The van der Waals surface area contributed by atoms with Crippen LogP contribution < -0.4 is 4.90 Å². The Morgan fingerprint density at radius 3 is 2.39 bits per heavy atom. The van der Waals surface area contributed by atoms with Gasteiger partial charge in [-0.25, -0.2) is 17.8 Å². The molecule has 3 aromatic rings. The van der Waals surface area contributed by atoms with E-state index in [0.29, 0.717) is 48.0 Å². The van der Waals surface area contributed by atoms with Crippen molar-refractivity contribution in [3.05, 3.63) is 62.2 Å². The highest BCUT2D eigenvalue weighted by molar-refractivity contribution is 7.89. The van der Waals surface area contributed by atoms with Gasteiger partial charge >= 0.3 is 0 Å². The molecule has 0 bridgehead atoms. The van der Waals surface area contributed by atoms with E-state index in [1.54, 1.807) is 13.0 Å². The van der Waals surface area contributed by atoms with Gasteiger partial charge in [-0.3, -0.25) is 0 Å². The van der Waals surface area contributed by atoms with Crippen LogP contribution in [0, 0.1) is 12.7 Å². The second-order valence-corrected chi connectivity index (χ2v) is 11.0. The fourth-order valence-corrected chi connectivity index (χ4v) is 6.52. The normalized spacial score (nSPS) is 15.5. The van der Waals surface area contributed by atoms with Crippen molar-refractivity contribution in [1.82, 2.24) is 9.29 Å². The lowest BCUT2D eigenvalue weighted by Crippen LogP contribution is -2.48. The predicted octanol–water partition coefficient (Wildman–Crippen LogP) is 5.73. The van der Waals surface area contributed by atoms with Gasteiger partial charge in [-0.1, -0.05) is 40.9 Å². The molecule has 0 amide bonds. The number of rotatable bonds is 4. The average Bonchev–Trinajstić information content (AvgIpc) is 3.23. The number of anilines is 1. The summed E-state index contributed by atoms with van der Waals surface area (Å²) in [5.41, 5.74) is 1.93. The number of nitrogens with zero attached hydrogens (tertiary/aromatic N) is 3. The van der Waals surface area contributed by atoms with Crippen LogP contribution >= 0.6 is 46.1 Å². The Morgan fingerprint density at radius 1 is 1.00 bits per heavy atom. The van der Waals surface area contributed by atoms with Gasteiger partial charge in [0.05, 0.1) is 15.7 Å². The molecule has 1 saturated heterocycles. The summed E-state index contributed by atoms with van der Waals surface area (Å²) in [7, 11) is -3.74. The summed E-state index contributed by atoms with van der Waals surface area (Å²) in [6.45, 7) is 3.29. The van der Waals surface area contributed by atoms with Gasteiger partial charge in [-0.2, -0.15) is 4.31 Å². The summed E-state index contributed by atoms with van der Waals surface area (Å²) >= 11 is 19.4. The van der Waals surface area contributed by atoms with Crippen molar-refractivity contribution in [2.45, 2.75) is 11.8 Å². The van der Waals surface area contributed by atoms with Crippen molar-refractivity contribution in [3.63, 3.8) is 0 Å². The van der Waals surface area contributed by atoms with E-state index < -0.39 is 15.8 Å². The summed E-state index contributed by atoms with van der Waals surface area (Å²) in [5.74, 6) is -0.497. The Bertz CT molecular complexity index is 1240. The summed E-state index contributed by atoms with van der Waals surface area (Å²) < 4.78 is 41.3. The smallest absolute Gasteiger partial charge is 0.244 e. The monoisotopic (exact) mass is 519 g/mol. The molecule has 1 aromatic heterocycles. The van der Waals surface area contributed by atoms with Gasteiger partial charge in [0, 0.05) is 42.1 Å². The molecule has 164 valence electrons. The van der Waals surface area contributed by atoms with Crippen molar-refractivity contribution in [2.75, 3.05) is 31.1 Å². The van der Waals surface area contributed by atoms with Gasteiger partial charge < -0.3 is 4.90 Å². The predicted molar refractivity (Wildman–Crippen MR) is 125 cm³/mol. The van der Waals surface area contributed by atoms with Crippen LogP contribution in [0.15, 0.2) is 40.6 Å². The first-order valence-corrected chi connectivity index (χ1v) is 12.7. The number of hydrogen-bond donors (Lipinski definition) is 0. The second kappa shape index (κ2) is 8.84. The van der Waals surface area contributed by atoms with Gasteiger partial charge in [0.2, 0.25) is 10.0 Å². The van der Waals surface area contributed by atoms with Crippen LogP contribution in [-0.2, 0) is 10.0 Å². The standard InChI is InChI=1S/C20H17Cl3FN3O2S2/c1-12-8-19(16(23)10-15(12)22)31(28,29)27-6-4-26(5-7-27)20-25-18(11-30-20)13-2-3-14(21)17(24)9-13/h2-3,8-11H,4-7H2,1H3. The Labute approximate surface area is 199 Å². The summed E-state index contributed by atoms with van der Waals surface area (Å²) in [4.78, 5) is 6.66. The van der Waals surface area contributed by atoms with Gasteiger partial charge in [0.15, 0.2) is 5.13 Å². The maximum absolute atomic E-state index is 13.8. The van der Waals surface area contributed by atoms with Gasteiger partial charge in [-0.15, -0.1) is 11.3 Å². The Hall–Kier alpha value is -1.42. The quantitative estimate of drug-likeness (QED) is 0.441. The highest BCUT2D eigenvalue weighted by Crippen LogP contribution is 2.33. The van der Waals surface area contributed by atoms with Crippen molar-refractivity contribution in [2.24, 2.45) is 0 Å². The lowest BCUT2D eigenvalue weighted by atomic mass is 10.2. The minimum atomic E-state index is -3.74. The topological polar surface area (TPSA) is 53.5 Å². The molecular weight excluding hydrogens is 504 g/mol. The molecule has 0 aliphatic carbocycles. The van der Waals surface area contributed by atoms with E-state index in [9.17, 15) is 12.8 Å². The Morgan fingerprint density at radius 2 is 1.71 bits per heavy atom. The molecule has 5 nitrogen and oxygen atoms in total. The first-order chi connectivity index (χ1) is 14.7. The molecule has 2 heterocycles. The van der Waals surface area contributed by atoms with Gasteiger partial charge in [0.1, 0.15) is 10.7 Å². The number of benzene rings is 2. The molecule has 1 fully saturated rings. The van der Waals surface area contributed by atoms with Gasteiger partial charge in [0.25, 0.3) is 0 Å². The fourth-order valence-electron chi connectivity index (χ4n) is 3.28. The van der Waals surface area contributed by atoms with Crippen molar-refractivity contribution in [1.29, 1.82) is 0 Å². The Kier molecular flexibility index (Phi) is 6.49. The largest absolute Gasteiger partial charge is 0.345 e. The maximum atomic E-state index is 13.8. The van der Waals surface area contributed by atoms with E-state index in [0.717, 1.165) is 5.13 Å². The van der Waals surface area contributed by atoms with Crippen molar-refractivity contribution >= 4 is 61.3 Å². The average molecular weight is 521 g/mol. The van der Waals surface area contributed by atoms with Crippen LogP contribution in [0.4, 0.5) is 9.52 Å². The molecule has 1 aliphatic rings. The zero-order chi connectivity index (χ0) is 22.3. The van der Waals surface area contributed by atoms with Crippen LogP contribution in [0.1, 0.15) is 5.56 Å². The zero-order valence-electron chi connectivity index (χ0n) is 16.3. The molecule has 0 spiro atoms. The van der Waals surface area contributed by atoms with Gasteiger partial charge in [-0.05, 0) is 36.8 Å². The number of piperazine rings is 1. The second-order valence-electron chi connectivity index (χ2n) is 7.07. The minimum absolute atomic E-state index is 0.0609. The molecule has 2 aromatic carbocycles. The molecule has 31 heavy (non-hydrogen) atoms. The molecule has 4 rings (SSSR count). The molecule has 0 unspecified atom stereocenters. The third kappa shape index (κ3) is 4.55. The lowest BCUT2D eigenvalue weighted by Gasteiger charge is -2.34. The number of sulfonamides is 1. The third-order valence-electron chi connectivity index (χ3n) is 5.05. The molecule has 0 atom stereocenters. The first kappa shape index (κ1) is 22.8. The number of aromatic nitrogens is 1. The maximum Gasteiger partial charge on any atom is 0.244 e. The van der Waals surface area contributed by atoms with Crippen molar-refractivity contribution < 1.29 is 12.8 Å². The summed E-state index contributed by atoms with van der Waals surface area (Å²) in [6.07, 6.45) is 0. The van der Waals surface area contributed by atoms with E-state index in [4.69, 9.17) is 34.8 Å². The van der Waals surface area contributed by atoms with E-state index >= 15 is 0 Å². The zero-order valence-corrected chi connectivity index (χ0v) is 20.2. The lowest BCUT2D eigenvalue weighted by molar-refractivity contribution is 0.385. The number of aryl methyl sites for hydroxylation is 1. The van der Waals surface area contributed by atoms with Crippen LogP contribution in [0.3, 0.4) is 0 Å². The Balaban J connectivity index is 1.48. The molecule has 0 radical (unpaired) electrons. The molecule has 11 heteroatoms.